The third-order valence-electron chi connectivity index (χ3n) is 7.47. The van der Waals surface area contributed by atoms with E-state index in [0.717, 1.165) is 44.7 Å². The predicted octanol–water partition coefficient (Wildman–Crippen LogP) is 3.13. The topological polar surface area (TPSA) is 72.3 Å². The molecule has 164 valence electrons. The van der Waals surface area contributed by atoms with Crippen LogP contribution in [0.3, 0.4) is 0 Å². The molecule has 29 heavy (non-hydrogen) atoms. The Kier molecular flexibility index (Phi) is 7.23. The number of ether oxygens (including phenoxy) is 1. The minimum absolute atomic E-state index is 0. The number of nitrogens with zero attached hydrogens (tertiary/aromatic N) is 4. The number of carbonyl (C=O) groups excluding carboxylic acids is 1. The fourth-order valence-corrected chi connectivity index (χ4v) is 5.82. The number of halogens is 1. The normalized spacial score (nSPS) is 26.6. The van der Waals surface area contributed by atoms with Crippen LogP contribution < -0.4 is 5.32 Å². The van der Waals surface area contributed by atoms with Gasteiger partial charge in [-0.1, -0.05) is 24.5 Å². The Balaban J connectivity index is 0.00000240. The molecular formula is C21H36ClN5O2. The summed E-state index contributed by atoms with van der Waals surface area (Å²) in [6, 6.07) is 0.594. The third kappa shape index (κ3) is 3.93. The smallest absolute Gasteiger partial charge is 0.276 e. The molecule has 1 spiro atoms. The minimum Gasteiger partial charge on any atom is -0.378 e. The molecule has 2 atom stereocenters. The number of rotatable bonds is 5. The van der Waals surface area contributed by atoms with E-state index in [4.69, 9.17) is 4.74 Å². The van der Waals surface area contributed by atoms with Crippen molar-refractivity contribution in [3.05, 3.63) is 11.4 Å². The second-order valence-corrected chi connectivity index (χ2v) is 8.85. The average molecular weight is 426 g/mol. The Morgan fingerprint density at radius 3 is 2.62 bits per heavy atom. The lowest BCUT2D eigenvalue weighted by Crippen LogP contribution is -2.65. The zero-order chi connectivity index (χ0) is 19.7. The van der Waals surface area contributed by atoms with Crippen LogP contribution in [-0.4, -0.2) is 64.7 Å². The van der Waals surface area contributed by atoms with Crippen LogP contribution in [0.1, 0.15) is 80.5 Å². The highest BCUT2D eigenvalue weighted by atomic mass is 35.5. The Morgan fingerprint density at radius 2 is 1.97 bits per heavy atom. The van der Waals surface area contributed by atoms with Crippen LogP contribution in [0.5, 0.6) is 0 Å². The lowest BCUT2D eigenvalue weighted by Gasteiger charge is -2.60. The summed E-state index contributed by atoms with van der Waals surface area (Å²) < 4.78 is 8.04. The fourth-order valence-electron chi connectivity index (χ4n) is 5.82. The number of piperidine rings is 1. The van der Waals surface area contributed by atoms with Gasteiger partial charge in [0.25, 0.3) is 5.91 Å². The van der Waals surface area contributed by atoms with Crippen LogP contribution in [0, 0.1) is 12.3 Å². The molecule has 8 heteroatoms. The number of amides is 1. The van der Waals surface area contributed by atoms with Gasteiger partial charge < -0.3 is 15.0 Å². The predicted molar refractivity (Wildman–Crippen MR) is 115 cm³/mol. The van der Waals surface area contributed by atoms with Gasteiger partial charge in [0, 0.05) is 25.1 Å². The maximum absolute atomic E-state index is 13.3. The average Bonchev–Trinajstić information content (AvgIpc) is 3.12. The van der Waals surface area contributed by atoms with Gasteiger partial charge in [0.05, 0.1) is 17.8 Å². The first-order valence-electron chi connectivity index (χ1n) is 11.1. The molecule has 2 saturated carbocycles. The molecule has 1 aliphatic heterocycles. The molecule has 1 saturated heterocycles. The second-order valence-electron chi connectivity index (χ2n) is 8.85. The molecule has 1 amide bonds. The molecule has 0 radical (unpaired) electrons. The van der Waals surface area contributed by atoms with E-state index in [1.807, 2.05) is 23.6 Å². The number of hydrogen-bond acceptors (Lipinski definition) is 5. The third-order valence-corrected chi connectivity index (χ3v) is 7.47. The molecule has 3 aliphatic rings. The molecule has 1 N–H and O–H groups in total. The summed E-state index contributed by atoms with van der Waals surface area (Å²) in [5.74, 6) is 0.0163. The standard InChI is InChI=1S/C21H35N5O2.ClH/c1-4-28-18-14-17(21(18)10-6-5-7-11-21)25(3)20(27)19-15(2)26(24-23-19)16-8-12-22-13-9-16;/h16-18,22H,4-14H2,1-3H3;1H. The van der Waals surface area contributed by atoms with Gasteiger partial charge in [0.1, 0.15) is 0 Å². The lowest BCUT2D eigenvalue weighted by atomic mass is 9.54. The van der Waals surface area contributed by atoms with Crippen molar-refractivity contribution >= 4 is 18.3 Å². The molecule has 0 bridgehead atoms. The van der Waals surface area contributed by atoms with Crippen LogP contribution >= 0.6 is 12.4 Å². The first-order valence-corrected chi connectivity index (χ1v) is 11.1. The Morgan fingerprint density at radius 1 is 1.28 bits per heavy atom. The number of hydrogen-bond donors (Lipinski definition) is 1. The zero-order valence-corrected chi connectivity index (χ0v) is 18.8. The highest BCUT2D eigenvalue weighted by Gasteiger charge is 2.58. The van der Waals surface area contributed by atoms with Crippen molar-refractivity contribution in [2.45, 2.75) is 83.4 Å². The van der Waals surface area contributed by atoms with E-state index in [0.29, 0.717) is 17.8 Å². The van der Waals surface area contributed by atoms with Crippen LogP contribution in [0.15, 0.2) is 0 Å². The van der Waals surface area contributed by atoms with Gasteiger partial charge in [0.15, 0.2) is 5.69 Å². The number of carbonyl (C=O) groups is 1. The van der Waals surface area contributed by atoms with E-state index in [1.165, 1.54) is 32.1 Å². The molecule has 1 aromatic heterocycles. The summed E-state index contributed by atoms with van der Waals surface area (Å²) in [6.07, 6.45) is 9.43. The Labute approximate surface area is 180 Å². The van der Waals surface area contributed by atoms with Crippen molar-refractivity contribution in [1.82, 2.24) is 25.2 Å². The lowest BCUT2D eigenvalue weighted by molar-refractivity contribution is -0.170. The van der Waals surface area contributed by atoms with Gasteiger partial charge in [-0.3, -0.25) is 4.79 Å². The number of nitrogens with one attached hydrogen (secondary N) is 1. The van der Waals surface area contributed by atoms with Crippen LogP contribution in [0.25, 0.3) is 0 Å². The molecule has 3 fully saturated rings. The quantitative estimate of drug-likeness (QED) is 0.784. The first kappa shape index (κ1) is 22.5. The summed E-state index contributed by atoms with van der Waals surface area (Å²) >= 11 is 0. The van der Waals surface area contributed by atoms with E-state index in [2.05, 4.69) is 22.6 Å². The molecule has 7 nitrogen and oxygen atoms in total. The van der Waals surface area contributed by atoms with Crippen molar-refractivity contribution in [1.29, 1.82) is 0 Å². The summed E-state index contributed by atoms with van der Waals surface area (Å²) in [5, 5.41) is 12.1. The summed E-state index contributed by atoms with van der Waals surface area (Å²) in [6.45, 7) is 6.80. The van der Waals surface area contributed by atoms with Gasteiger partial charge in [-0.15, -0.1) is 17.5 Å². The Hall–Kier alpha value is -1.18. The highest BCUT2D eigenvalue weighted by molar-refractivity contribution is 5.93. The van der Waals surface area contributed by atoms with E-state index >= 15 is 0 Å². The Bertz CT molecular complexity index is 697. The van der Waals surface area contributed by atoms with Crippen molar-refractivity contribution < 1.29 is 9.53 Å². The summed E-state index contributed by atoms with van der Waals surface area (Å²) in [4.78, 5) is 15.3. The molecule has 2 unspecified atom stereocenters. The maximum atomic E-state index is 13.3. The van der Waals surface area contributed by atoms with E-state index in [9.17, 15) is 4.79 Å². The molecule has 0 aromatic carbocycles. The van der Waals surface area contributed by atoms with Gasteiger partial charge >= 0.3 is 0 Å². The molecule has 4 rings (SSSR count). The van der Waals surface area contributed by atoms with Crippen molar-refractivity contribution in [2.24, 2.45) is 5.41 Å². The van der Waals surface area contributed by atoms with Crippen molar-refractivity contribution in [3.63, 3.8) is 0 Å². The van der Waals surface area contributed by atoms with Gasteiger partial charge in [-0.25, -0.2) is 4.68 Å². The van der Waals surface area contributed by atoms with Crippen LogP contribution in [-0.2, 0) is 4.74 Å². The monoisotopic (exact) mass is 425 g/mol. The maximum Gasteiger partial charge on any atom is 0.276 e. The number of aromatic nitrogens is 3. The molecular weight excluding hydrogens is 390 g/mol. The van der Waals surface area contributed by atoms with Crippen molar-refractivity contribution in [2.75, 3.05) is 26.7 Å². The molecule has 2 aliphatic carbocycles. The van der Waals surface area contributed by atoms with Gasteiger partial charge in [-0.2, -0.15) is 0 Å². The second kappa shape index (κ2) is 9.31. The molecule has 2 heterocycles. The van der Waals surface area contributed by atoms with Gasteiger partial charge in [0.2, 0.25) is 0 Å². The largest absolute Gasteiger partial charge is 0.378 e. The van der Waals surface area contributed by atoms with Crippen LogP contribution in [0.2, 0.25) is 0 Å². The van der Waals surface area contributed by atoms with Crippen molar-refractivity contribution in [3.8, 4) is 0 Å². The van der Waals surface area contributed by atoms with E-state index in [-0.39, 0.29) is 29.8 Å². The highest BCUT2D eigenvalue weighted by Crippen LogP contribution is 2.55. The van der Waals surface area contributed by atoms with E-state index in [1.54, 1.807) is 0 Å². The summed E-state index contributed by atoms with van der Waals surface area (Å²) in [5.41, 5.74) is 1.56. The summed E-state index contributed by atoms with van der Waals surface area (Å²) in [7, 11) is 1.95. The molecule has 1 aromatic rings. The first-order chi connectivity index (χ1) is 13.6. The minimum atomic E-state index is 0. The SMILES string of the molecule is CCOC1CC(N(C)C(=O)c2nnn(C3CCNCC3)c2C)C12CCCCC2.Cl. The fraction of sp³-hybridized carbons (Fsp3) is 0.857. The van der Waals surface area contributed by atoms with E-state index < -0.39 is 0 Å². The van der Waals surface area contributed by atoms with Crippen LogP contribution in [0.4, 0.5) is 0 Å². The van der Waals surface area contributed by atoms with Gasteiger partial charge in [-0.05, 0) is 59.0 Å². The zero-order valence-electron chi connectivity index (χ0n) is 18.0.